The van der Waals surface area contributed by atoms with E-state index >= 15 is 0 Å². The van der Waals surface area contributed by atoms with Crippen molar-refractivity contribution in [2.75, 3.05) is 5.32 Å². The van der Waals surface area contributed by atoms with Gasteiger partial charge < -0.3 is 10.1 Å². The van der Waals surface area contributed by atoms with Crippen LogP contribution in [0.2, 0.25) is 5.02 Å². The first kappa shape index (κ1) is 15.9. The second kappa shape index (κ2) is 6.97. The first-order valence-electron chi connectivity index (χ1n) is 6.74. The normalized spacial score (nSPS) is 11.4. The van der Waals surface area contributed by atoms with Crippen LogP contribution in [-0.4, -0.2) is 12.0 Å². The van der Waals surface area contributed by atoms with Crippen LogP contribution in [0.15, 0.2) is 42.5 Å². The Hall–Kier alpha value is -2.51. The van der Waals surface area contributed by atoms with E-state index in [1.807, 2.05) is 19.1 Å². The molecule has 0 aliphatic heterocycles. The number of rotatable bonds is 4. The third kappa shape index (κ3) is 3.78. The molecule has 0 saturated heterocycles. The Bertz CT molecular complexity index is 738. The molecule has 0 fully saturated rings. The smallest absolute Gasteiger partial charge is 0.265 e. The van der Waals surface area contributed by atoms with Gasteiger partial charge in [0.2, 0.25) is 0 Å². The maximum atomic E-state index is 12.2. The molecular weight excluding hydrogens is 300 g/mol. The average molecular weight is 315 g/mol. The molecule has 0 spiro atoms. The number of nitrogens with one attached hydrogen (secondary N) is 1. The summed E-state index contributed by atoms with van der Waals surface area (Å²) in [6.07, 6.45) is -0.744. The van der Waals surface area contributed by atoms with Crippen molar-refractivity contribution in [1.29, 1.82) is 5.26 Å². The van der Waals surface area contributed by atoms with Gasteiger partial charge in [0.1, 0.15) is 11.8 Å². The molecule has 112 valence electrons. The topological polar surface area (TPSA) is 62.1 Å². The van der Waals surface area contributed by atoms with Crippen molar-refractivity contribution in [2.24, 2.45) is 0 Å². The molecule has 22 heavy (non-hydrogen) atoms. The first-order chi connectivity index (χ1) is 10.5. The maximum Gasteiger partial charge on any atom is 0.265 e. The highest BCUT2D eigenvalue weighted by atomic mass is 35.5. The monoisotopic (exact) mass is 314 g/mol. The van der Waals surface area contributed by atoms with E-state index in [-0.39, 0.29) is 5.91 Å². The van der Waals surface area contributed by atoms with Crippen molar-refractivity contribution in [3.63, 3.8) is 0 Å². The molecule has 0 aromatic heterocycles. The summed E-state index contributed by atoms with van der Waals surface area (Å²) in [5.74, 6) is 0.109. The van der Waals surface area contributed by atoms with Gasteiger partial charge in [-0.05, 0) is 43.7 Å². The van der Waals surface area contributed by atoms with Crippen molar-refractivity contribution >= 4 is 23.2 Å². The minimum absolute atomic E-state index is 0.347. The third-order valence-corrected chi connectivity index (χ3v) is 3.38. The van der Waals surface area contributed by atoms with Crippen LogP contribution in [-0.2, 0) is 4.79 Å². The summed E-state index contributed by atoms with van der Waals surface area (Å²) in [6, 6.07) is 14.2. The summed E-state index contributed by atoms with van der Waals surface area (Å²) in [7, 11) is 0. The number of amides is 1. The van der Waals surface area contributed by atoms with Crippen LogP contribution in [0.1, 0.15) is 18.1 Å². The van der Waals surface area contributed by atoms with E-state index in [1.165, 1.54) is 0 Å². The van der Waals surface area contributed by atoms with Gasteiger partial charge in [-0.2, -0.15) is 5.26 Å². The van der Waals surface area contributed by atoms with Gasteiger partial charge in [-0.15, -0.1) is 0 Å². The Morgan fingerprint density at radius 2 is 2.05 bits per heavy atom. The average Bonchev–Trinajstić information content (AvgIpc) is 2.51. The van der Waals surface area contributed by atoms with Crippen molar-refractivity contribution in [3.8, 4) is 11.8 Å². The number of nitrogens with zero attached hydrogens (tertiary/aromatic N) is 1. The number of anilines is 1. The quantitative estimate of drug-likeness (QED) is 0.930. The number of carbonyl (C=O) groups excluding carboxylic acids is 1. The highest BCUT2D eigenvalue weighted by molar-refractivity contribution is 6.32. The van der Waals surface area contributed by atoms with Gasteiger partial charge in [0.25, 0.3) is 5.91 Å². The molecule has 0 heterocycles. The lowest BCUT2D eigenvalue weighted by Gasteiger charge is -2.16. The predicted octanol–water partition coefficient (Wildman–Crippen LogP) is 3.93. The molecule has 0 bridgehead atoms. The third-order valence-electron chi connectivity index (χ3n) is 3.07. The fourth-order valence-electron chi connectivity index (χ4n) is 1.87. The summed E-state index contributed by atoms with van der Waals surface area (Å²) in [4.78, 5) is 12.2. The fourth-order valence-corrected chi connectivity index (χ4v) is 2.03. The second-order valence-corrected chi connectivity index (χ2v) is 5.25. The van der Waals surface area contributed by atoms with E-state index in [0.29, 0.717) is 22.0 Å². The highest BCUT2D eigenvalue weighted by Crippen LogP contribution is 2.26. The Morgan fingerprint density at radius 3 is 2.77 bits per heavy atom. The minimum atomic E-state index is -0.744. The van der Waals surface area contributed by atoms with Crippen LogP contribution in [0, 0.1) is 18.3 Å². The van der Waals surface area contributed by atoms with Crippen molar-refractivity contribution < 1.29 is 9.53 Å². The number of hydrogen-bond donors (Lipinski definition) is 1. The number of carbonyl (C=O) groups is 1. The molecule has 2 rings (SSSR count). The Labute approximate surface area is 134 Å². The lowest BCUT2D eigenvalue weighted by molar-refractivity contribution is -0.122. The van der Waals surface area contributed by atoms with Crippen LogP contribution >= 0.6 is 11.6 Å². The number of hydrogen-bond acceptors (Lipinski definition) is 3. The molecule has 1 atom stereocenters. The SMILES string of the molecule is Cc1ccc(Cl)c(O[C@@H](C)C(=O)Nc2ccccc2C#N)c1. The molecule has 1 amide bonds. The van der Waals surface area contributed by atoms with E-state index in [1.54, 1.807) is 43.3 Å². The molecule has 0 aliphatic rings. The first-order valence-corrected chi connectivity index (χ1v) is 7.12. The fraction of sp³-hybridized carbons (Fsp3) is 0.176. The minimum Gasteiger partial charge on any atom is -0.479 e. The van der Waals surface area contributed by atoms with Crippen LogP contribution < -0.4 is 10.1 Å². The molecule has 2 aromatic carbocycles. The Morgan fingerprint density at radius 1 is 1.32 bits per heavy atom. The van der Waals surface area contributed by atoms with Gasteiger partial charge in [-0.3, -0.25) is 4.79 Å². The van der Waals surface area contributed by atoms with Crippen molar-refractivity contribution in [3.05, 3.63) is 58.6 Å². The maximum absolute atomic E-state index is 12.2. The van der Waals surface area contributed by atoms with Gasteiger partial charge in [0.05, 0.1) is 16.3 Å². The molecule has 5 heteroatoms. The van der Waals surface area contributed by atoms with Gasteiger partial charge in [0.15, 0.2) is 6.10 Å². The van der Waals surface area contributed by atoms with Crippen molar-refractivity contribution in [2.45, 2.75) is 20.0 Å². The standard InChI is InChI=1S/C17H15ClN2O2/c1-11-7-8-14(18)16(9-11)22-12(2)17(21)20-15-6-4-3-5-13(15)10-19/h3-9,12H,1-2H3,(H,20,21)/t12-/m0/s1. The Kier molecular flexibility index (Phi) is 5.03. The van der Waals surface area contributed by atoms with Crippen LogP contribution in [0.3, 0.4) is 0 Å². The Balaban J connectivity index is 2.10. The lowest BCUT2D eigenvalue weighted by Crippen LogP contribution is -2.30. The zero-order valence-electron chi connectivity index (χ0n) is 12.3. The van der Waals surface area contributed by atoms with E-state index in [4.69, 9.17) is 21.6 Å². The number of para-hydroxylation sites is 1. The summed E-state index contributed by atoms with van der Waals surface area (Å²) >= 11 is 6.05. The van der Waals surface area contributed by atoms with Crippen LogP contribution in [0.5, 0.6) is 5.75 Å². The molecule has 0 saturated carbocycles. The van der Waals surface area contributed by atoms with Crippen LogP contribution in [0.25, 0.3) is 0 Å². The number of nitriles is 1. The van der Waals surface area contributed by atoms with Gasteiger partial charge in [-0.25, -0.2) is 0 Å². The zero-order chi connectivity index (χ0) is 16.1. The van der Waals surface area contributed by atoms with Crippen molar-refractivity contribution in [1.82, 2.24) is 0 Å². The number of halogens is 1. The predicted molar refractivity (Wildman–Crippen MR) is 86.1 cm³/mol. The molecular formula is C17H15ClN2O2. The molecule has 0 unspecified atom stereocenters. The number of ether oxygens (including phenoxy) is 1. The molecule has 2 aromatic rings. The summed E-state index contributed by atoms with van der Waals surface area (Å²) in [5.41, 5.74) is 1.85. The molecule has 1 N–H and O–H groups in total. The number of aryl methyl sites for hydroxylation is 1. The second-order valence-electron chi connectivity index (χ2n) is 4.84. The summed E-state index contributed by atoms with van der Waals surface area (Å²) < 4.78 is 5.61. The van der Waals surface area contributed by atoms with Gasteiger partial charge >= 0.3 is 0 Å². The van der Waals surface area contributed by atoms with E-state index in [9.17, 15) is 4.79 Å². The largest absolute Gasteiger partial charge is 0.479 e. The van der Waals surface area contributed by atoms with E-state index in [0.717, 1.165) is 5.56 Å². The van der Waals surface area contributed by atoms with Gasteiger partial charge in [0, 0.05) is 0 Å². The van der Waals surface area contributed by atoms with Crippen LogP contribution in [0.4, 0.5) is 5.69 Å². The molecule has 0 radical (unpaired) electrons. The molecule has 0 aliphatic carbocycles. The zero-order valence-corrected chi connectivity index (χ0v) is 13.0. The van der Waals surface area contributed by atoms with Gasteiger partial charge in [-0.1, -0.05) is 29.8 Å². The van der Waals surface area contributed by atoms with E-state index in [2.05, 4.69) is 5.32 Å². The lowest BCUT2D eigenvalue weighted by atomic mass is 10.2. The van der Waals surface area contributed by atoms with E-state index < -0.39 is 6.10 Å². The molecule has 4 nitrogen and oxygen atoms in total. The highest BCUT2D eigenvalue weighted by Gasteiger charge is 2.17. The number of benzene rings is 2. The summed E-state index contributed by atoms with van der Waals surface area (Å²) in [6.45, 7) is 3.54. The summed E-state index contributed by atoms with van der Waals surface area (Å²) in [5, 5.41) is 12.2.